The molecule has 0 aliphatic rings. The van der Waals surface area contributed by atoms with Crippen molar-refractivity contribution in [1.29, 1.82) is 0 Å². The van der Waals surface area contributed by atoms with Gasteiger partial charge in [-0.2, -0.15) is 0 Å². The molecular weight excluding hydrogens is 372 g/mol. The van der Waals surface area contributed by atoms with Gasteiger partial charge in [-0.25, -0.2) is 4.79 Å². The molecule has 2 aromatic rings. The fraction of sp³-hybridized carbons (Fsp3) is 0.286. The molecule has 8 nitrogen and oxygen atoms in total. The first-order chi connectivity index (χ1) is 13.8. The summed E-state index contributed by atoms with van der Waals surface area (Å²) in [5, 5.41) is 11.0. The van der Waals surface area contributed by atoms with Crippen LogP contribution in [0.3, 0.4) is 0 Å². The molecule has 0 atom stereocenters. The van der Waals surface area contributed by atoms with Gasteiger partial charge in [0, 0.05) is 30.8 Å². The summed E-state index contributed by atoms with van der Waals surface area (Å²) in [6.45, 7) is 5.52. The minimum Gasteiger partial charge on any atom is -0.495 e. The van der Waals surface area contributed by atoms with Crippen molar-refractivity contribution in [2.45, 2.75) is 33.4 Å². The van der Waals surface area contributed by atoms with E-state index in [2.05, 4.69) is 21.3 Å². The summed E-state index contributed by atoms with van der Waals surface area (Å²) in [5.41, 5.74) is 2.34. The third kappa shape index (κ3) is 6.84. The van der Waals surface area contributed by atoms with Crippen molar-refractivity contribution in [3.63, 3.8) is 0 Å². The predicted octanol–water partition coefficient (Wildman–Crippen LogP) is 3.11. The monoisotopic (exact) mass is 398 g/mol. The highest BCUT2D eigenvalue weighted by molar-refractivity contribution is 6.04. The smallest absolute Gasteiger partial charge is 0.315 e. The van der Waals surface area contributed by atoms with Gasteiger partial charge in [-0.05, 0) is 49.7 Å². The van der Waals surface area contributed by atoms with Gasteiger partial charge in [0.25, 0.3) is 5.91 Å². The Morgan fingerprint density at radius 2 is 1.69 bits per heavy atom. The Balaban J connectivity index is 2.00. The van der Waals surface area contributed by atoms with Gasteiger partial charge < -0.3 is 26.0 Å². The van der Waals surface area contributed by atoms with Gasteiger partial charge in [0.05, 0.1) is 12.8 Å². The molecule has 2 aromatic carbocycles. The largest absolute Gasteiger partial charge is 0.495 e. The van der Waals surface area contributed by atoms with E-state index in [1.807, 2.05) is 13.8 Å². The first kappa shape index (κ1) is 21.7. The van der Waals surface area contributed by atoms with Crippen LogP contribution in [0.5, 0.6) is 5.75 Å². The number of methoxy groups -OCH3 is 1. The zero-order valence-electron chi connectivity index (χ0n) is 17.0. The molecule has 29 heavy (non-hydrogen) atoms. The number of amides is 4. The molecule has 0 unspecified atom stereocenters. The molecule has 0 heterocycles. The number of anilines is 2. The van der Waals surface area contributed by atoms with Crippen molar-refractivity contribution in [2.75, 3.05) is 17.7 Å². The lowest BCUT2D eigenvalue weighted by atomic mass is 10.1. The summed E-state index contributed by atoms with van der Waals surface area (Å²) >= 11 is 0. The summed E-state index contributed by atoms with van der Waals surface area (Å²) < 4.78 is 5.20. The van der Waals surface area contributed by atoms with Crippen LogP contribution in [0.15, 0.2) is 42.5 Å². The van der Waals surface area contributed by atoms with Crippen molar-refractivity contribution < 1.29 is 19.1 Å². The second-order valence-corrected chi connectivity index (χ2v) is 6.73. The Kier molecular flexibility index (Phi) is 7.59. The number of urea groups is 1. The molecule has 0 aromatic heterocycles. The van der Waals surface area contributed by atoms with Crippen LogP contribution in [0.4, 0.5) is 16.2 Å². The molecule has 0 bridgehead atoms. The number of hydrogen-bond donors (Lipinski definition) is 4. The van der Waals surface area contributed by atoms with Gasteiger partial charge in [-0.1, -0.05) is 12.1 Å². The molecule has 0 saturated heterocycles. The van der Waals surface area contributed by atoms with Gasteiger partial charge >= 0.3 is 6.03 Å². The number of ether oxygens (including phenoxy) is 1. The maximum absolute atomic E-state index is 12.5. The topological polar surface area (TPSA) is 109 Å². The lowest BCUT2D eigenvalue weighted by molar-refractivity contribution is -0.114. The van der Waals surface area contributed by atoms with Crippen LogP contribution in [0.2, 0.25) is 0 Å². The summed E-state index contributed by atoms with van der Waals surface area (Å²) in [4.78, 5) is 35.4. The second kappa shape index (κ2) is 10.1. The van der Waals surface area contributed by atoms with Gasteiger partial charge in [-0.15, -0.1) is 0 Å². The molecule has 0 fully saturated rings. The predicted molar refractivity (Wildman–Crippen MR) is 112 cm³/mol. The number of hydrogen-bond acceptors (Lipinski definition) is 4. The van der Waals surface area contributed by atoms with Crippen LogP contribution in [0.25, 0.3) is 0 Å². The highest BCUT2D eigenvalue weighted by atomic mass is 16.5. The Labute approximate surface area is 170 Å². The van der Waals surface area contributed by atoms with Crippen LogP contribution in [-0.4, -0.2) is 31.0 Å². The molecule has 0 saturated carbocycles. The Morgan fingerprint density at radius 3 is 2.28 bits per heavy atom. The van der Waals surface area contributed by atoms with Gasteiger partial charge in [0.2, 0.25) is 5.91 Å². The first-order valence-corrected chi connectivity index (χ1v) is 9.18. The molecule has 0 spiro atoms. The van der Waals surface area contributed by atoms with Crippen LogP contribution >= 0.6 is 0 Å². The molecule has 8 heteroatoms. The number of rotatable bonds is 7. The normalized spacial score (nSPS) is 10.2. The van der Waals surface area contributed by atoms with Crippen molar-refractivity contribution in [2.24, 2.45) is 0 Å². The van der Waals surface area contributed by atoms with E-state index in [0.29, 0.717) is 29.2 Å². The maximum atomic E-state index is 12.5. The highest BCUT2D eigenvalue weighted by Gasteiger charge is 2.10. The van der Waals surface area contributed by atoms with Gasteiger partial charge in [0.1, 0.15) is 5.75 Å². The number of benzene rings is 2. The van der Waals surface area contributed by atoms with E-state index in [0.717, 1.165) is 5.56 Å². The molecule has 4 amide bonds. The third-order valence-electron chi connectivity index (χ3n) is 3.86. The van der Waals surface area contributed by atoms with E-state index in [9.17, 15) is 14.4 Å². The molecule has 154 valence electrons. The summed E-state index contributed by atoms with van der Waals surface area (Å²) in [5.74, 6) is -0.0318. The van der Waals surface area contributed by atoms with Crippen LogP contribution in [0.1, 0.15) is 36.7 Å². The van der Waals surface area contributed by atoms with Gasteiger partial charge in [0.15, 0.2) is 0 Å². The van der Waals surface area contributed by atoms with E-state index < -0.39 is 0 Å². The lowest BCUT2D eigenvalue weighted by Gasteiger charge is -2.12. The van der Waals surface area contributed by atoms with E-state index in [1.54, 1.807) is 42.5 Å². The standard InChI is InChI=1S/C21H26N4O4/c1-13(2)23-21(28)22-12-15-5-7-16(8-6-15)20(27)25-17-9-10-19(29-4)18(11-17)24-14(3)26/h5-11,13H,12H2,1-4H3,(H,24,26)(H,25,27)(H2,22,23,28). The van der Waals surface area contributed by atoms with Crippen molar-refractivity contribution in [3.8, 4) is 5.75 Å². The second-order valence-electron chi connectivity index (χ2n) is 6.73. The van der Waals surface area contributed by atoms with Crippen molar-refractivity contribution >= 4 is 29.2 Å². The zero-order valence-corrected chi connectivity index (χ0v) is 17.0. The Hall–Kier alpha value is -3.55. The average molecular weight is 398 g/mol. The number of carbonyl (C=O) groups excluding carboxylic acids is 3. The third-order valence-corrected chi connectivity index (χ3v) is 3.86. The fourth-order valence-electron chi connectivity index (χ4n) is 2.55. The maximum Gasteiger partial charge on any atom is 0.315 e. The van der Waals surface area contributed by atoms with E-state index in [4.69, 9.17) is 4.74 Å². The lowest BCUT2D eigenvalue weighted by Crippen LogP contribution is -2.39. The molecule has 0 aliphatic carbocycles. The molecule has 0 aliphatic heterocycles. The summed E-state index contributed by atoms with van der Waals surface area (Å²) in [6.07, 6.45) is 0. The molecule has 2 rings (SSSR count). The Bertz CT molecular complexity index is 879. The first-order valence-electron chi connectivity index (χ1n) is 9.18. The van der Waals surface area contributed by atoms with Crippen LogP contribution in [0, 0.1) is 0 Å². The summed E-state index contributed by atoms with van der Waals surface area (Å²) in [7, 11) is 1.50. The highest BCUT2D eigenvalue weighted by Crippen LogP contribution is 2.28. The van der Waals surface area contributed by atoms with Gasteiger partial charge in [-0.3, -0.25) is 9.59 Å². The number of nitrogens with one attached hydrogen (secondary N) is 4. The summed E-state index contributed by atoms with van der Waals surface area (Å²) in [6, 6.07) is 11.7. The molecular formula is C21H26N4O4. The van der Waals surface area contributed by atoms with Crippen molar-refractivity contribution in [1.82, 2.24) is 10.6 Å². The van der Waals surface area contributed by atoms with Crippen LogP contribution in [-0.2, 0) is 11.3 Å². The van der Waals surface area contributed by atoms with Crippen molar-refractivity contribution in [3.05, 3.63) is 53.6 Å². The number of carbonyl (C=O) groups is 3. The molecule has 4 N–H and O–H groups in total. The quantitative estimate of drug-likeness (QED) is 0.575. The average Bonchev–Trinajstić information content (AvgIpc) is 2.66. The SMILES string of the molecule is COc1ccc(NC(=O)c2ccc(CNC(=O)NC(C)C)cc2)cc1NC(C)=O. The fourth-order valence-corrected chi connectivity index (χ4v) is 2.55. The Morgan fingerprint density at radius 1 is 1.00 bits per heavy atom. The van der Waals surface area contributed by atoms with E-state index in [-0.39, 0.29) is 23.9 Å². The van der Waals surface area contributed by atoms with E-state index in [1.165, 1.54) is 14.0 Å². The minimum atomic E-state index is -0.291. The minimum absolute atomic E-state index is 0.0604. The molecule has 0 radical (unpaired) electrons. The zero-order chi connectivity index (χ0) is 21.4. The van der Waals surface area contributed by atoms with E-state index >= 15 is 0 Å². The van der Waals surface area contributed by atoms with Crippen LogP contribution < -0.4 is 26.0 Å².